The van der Waals surface area contributed by atoms with E-state index in [1.54, 1.807) is 6.07 Å². The Morgan fingerprint density at radius 1 is 1.23 bits per heavy atom. The molecule has 2 aliphatic heterocycles. The molecule has 3 rings (SSSR count). The quantitative estimate of drug-likeness (QED) is 0.852. The summed E-state index contributed by atoms with van der Waals surface area (Å²) in [4.78, 5) is 14.4. The lowest BCUT2D eigenvalue weighted by Crippen LogP contribution is -2.48. The smallest absolute Gasteiger partial charge is 0.410 e. The molecule has 2 fully saturated rings. The maximum Gasteiger partial charge on any atom is 0.410 e. The van der Waals surface area contributed by atoms with Crippen LogP contribution in [0.1, 0.15) is 57.9 Å². The van der Waals surface area contributed by atoms with E-state index in [4.69, 9.17) is 4.74 Å². The molecule has 0 spiro atoms. The summed E-state index contributed by atoms with van der Waals surface area (Å²) < 4.78 is 5.57. The molecule has 2 heterocycles. The van der Waals surface area contributed by atoms with Crippen LogP contribution in [0.4, 0.5) is 4.79 Å². The molecular weight excluding hydrogens is 278 g/mol. The highest BCUT2D eigenvalue weighted by atomic mass is 16.6. The standard InChI is InChI=1S/C18H25NO3/c1-18(2,3)22-17(21)19-14-7-8-15(19)10-13(9-14)12-5-4-6-16(20)11-12/h4-6,11,13-15,20H,7-10H2,1-3H3/t13?,14-,15+. The molecule has 1 N–H and O–H groups in total. The fourth-order valence-corrected chi connectivity index (χ4v) is 3.84. The van der Waals surface area contributed by atoms with Gasteiger partial charge in [0.05, 0.1) is 0 Å². The molecule has 22 heavy (non-hydrogen) atoms. The number of benzene rings is 1. The summed E-state index contributed by atoms with van der Waals surface area (Å²) >= 11 is 0. The van der Waals surface area contributed by atoms with Gasteiger partial charge in [-0.1, -0.05) is 12.1 Å². The van der Waals surface area contributed by atoms with Crippen LogP contribution in [0.5, 0.6) is 5.75 Å². The molecule has 0 aliphatic carbocycles. The number of phenols is 1. The van der Waals surface area contributed by atoms with Crippen LogP contribution < -0.4 is 0 Å². The number of nitrogens with zero attached hydrogens (tertiary/aromatic N) is 1. The van der Waals surface area contributed by atoms with E-state index in [1.807, 2.05) is 37.8 Å². The molecule has 0 aromatic heterocycles. The first-order valence-electron chi connectivity index (χ1n) is 8.14. The van der Waals surface area contributed by atoms with Crippen molar-refractivity contribution in [1.29, 1.82) is 0 Å². The fourth-order valence-electron chi connectivity index (χ4n) is 3.84. The van der Waals surface area contributed by atoms with Gasteiger partial charge in [0.2, 0.25) is 0 Å². The van der Waals surface area contributed by atoms with E-state index in [1.165, 1.54) is 5.56 Å². The SMILES string of the molecule is CC(C)(C)OC(=O)N1[C@@H]2CC[C@H]1CC(c1cccc(O)c1)C2. The minimum Gasteiger partial charge on any atom is -0.508 e. The molecule has 2 aliphatic rings. The summed E-state index contributed by atoms with van der Waals surface area (Å²) in [7, 11) is 0. The molecule has 2 bridgehead atoms. The van der Waals surface area contributed by atoms with Crippen LogP contribution in [0.15, 0.2) is 24.3 Å². The number of piperidine rings is 1. The number of rotatable bonds is 1. The van der Waals surface area contributed by atoms with Gasteiger partial charge in [-0.25, -0.2) is 4.79 Å². The molecular formula is C18H25NO3. The second-order valence-electron chi connectivity index (χ2n) is 7.54. The minimum absolute atomic E-state index is 0.172. The lowest BCUT2D eigenvalue weighted by molar-refractivity contribution is 0.00583. The van der Waals surface area contributed by atoms with E-state index in [2.05, 4.69) is 6.07 Å². The summed E-state index contributed by atoms with van der Waals surface area (Å²) in [5.41, 5.74) is 0.735. The van der Waals surface area contributed by atoms with Crippen molar-refractivity contribution in [3.05, 3.63) is 29.8 Å². The number of aromatic hydroxyl groups is 1. The molecule has 0 radical (unpaired) electrons. The van der Waals surface area contributed by atoms with Gasteiger partial charge in [0, 0.05) is 12.1 Å². The van der Waals surface area contributed by atoms with Crippen molar-refractivity contribution >= 4 is 6.09 Å². The minimum atomic E-state index is -0.446. The van der Waals surface area contributed by atoms with E-state index in [0.29, 0.717) is 11.7 Å². The summed E-state index contributed by atoms with van der Waals surface area (Å²) in [6.07, 6.45) is 3.85. The van der Waals surface area contributed by atoms with Crippen LogP contribution in [0.2, 0.25) is 0 Å². The summed E-state index contributed by atoms with van der Waals surface area (Å²) in [5, 5.41) is 9.67. The van der Waals surface area contributed by atoms with Crippen LogP contribution in [0.3, 0.4) is 0 Å². The third-order valence-corrected chi connectivity index (χ3v) is 4.68. The van der Waals surface area contributed by atoms with E-state index in [-0.39, 0.29) is 18.2 Å². The Kier molecular flexibility index (Phi) is 3.79. The normalized spacial score (nSPS) is 27.8. The van der Waals surface area contributed by atoms with Crippen molar-refractivity contribution in [1.82, 2.24) is 4.90 Å². The van der Waals surface area contributed by atoms with Gasteiger partial charge in [-0.05, 0) is 70.1 Å². The van der Waals surface area contributed by atoms with Crippen LogP contribution >= 0.6 is 0 Å². The van der Waals surface area contributed by atoms with Gasteiger partial charge in [0.15, 0.2) is 0 Å². The molecule has 1 aromatic carbocycles. The Bertz CT molecular complexity index is 550. The van der Waals surface area contributed by atoms with Gasteiger partial charge in [0.25, 0.3) is 0 Å². The van der Waals surface area contributed by atoms with Crippen molar-refractivity contribution in [2.75, 3.05) is 0 Å². The van der Waals surface area contributed by atoms with Gasteiger partial charge in [0.1, 0.15) is 11.4 Å². The monoisotopic (exact) mass is 303 g/mol. The second-order valence-corrected chi connectivity index (χ2v) is 7.54. The van der Waals surface area contributed by atoms with Crippen molar-refractivity contribution in [2.24, 2.45) is 0 Å². The first-order chi connectivity index (χ1) is 10.3. The van der Waals surface area contributed by atoms with Crippen molar-refractivity contribution in [2.45, 2.75) is 70.1 Å². The predicted octanol–water partition coefficient (Wildman–Crippen LogP) is 4.04. The first-order valence-corrected chi connectivity index (χ1v) is 8.14. The van der Waals surface area contributed by atoms with Crippen LogP contribution in [0.25, 0.3) is 0 Å². The van der Waals surface area contributed by atoms with Crippen molar-refractivity contribution in [3.8, 4) is 5.75 Å². The van der Waals surface area contributed by atoms with Crippen LogP contribution in [-0.2, 0) is 4.74 Å². The molecule has 4 nitrogen and oxygen atoms in total. The highest BCUT2D eigenvalue weighted by molar-refractivity contribution is 5.69. The van der Waals surface area contributed by atoms with E-state index in [0.717, 1.165) is 25.7 Å². The first kappa shape index (κ1) is 15.2. The van der Waals surface area contributed by atoms with Crippen LogP contribution in [-0.4, -0.2) is 33.8 Å². The van der Waals surface area contributed by atoms with Gasteiger partial charge >= 0.3 is 6.09 Å². The molecule has 120 valence electrons. The Hall–Kier alpha value is -1.71. The average Bonchev–Trinajstić information content (AvgIpc) is 2.68. The lowest BCUT2D eigenvalue weighted by Gasteiger charge is -2.39. The molecule has 2 saturated heterocycles. The molecule has 0 saturated carbocycles. The van der Waals surface area contributed by atoms with Crippen LogP contribution in [0, 0.1) is 0 Å². The number of amides is 1. The van der Waals surface area contributed by atoms with Crippen molar-refractivity contribution in [3.63, 3.8) is 0 Å². The van der Waals surface area contributed by atoms with Crippen molar-refractivity contribution < 1.29 is 14.6 Å². The summed E-state index contributed by atoms with van der Waals surface area (Å²) in [6.45, 7) is 5.73. The second kappa shape index (κ2) is 5.49. The average molecular weight is 303 g/mol. The fraction of sp³-hybridized carbons (Fsp3) is 0.611. The number of ether oxygens (including phenoxy) is 1. The zero-order valence-electron chi connectivity index (χ0n) is 13.6. The highest BCUT2D eigenvalue weighted by Gasteiger charge is 2.45. The van der Waals surface area contributed by atoms with E-state index >= 15 is 0 Å². The third-order valence-electron chi connectivity index (χ3n) is 4.68. The molecule has 1 amide bonds. The van der Waals surface area contributed by atoms with Gasteiger partial charge < -0.3 is 14.7 Å². The lowest BCUT2D eigenvalue weighted by atomic mass is 9.85. The number of hydrogen-bond acceptors (Lipinski definition) is 3. The van der Waals surface area contributed by atoms with Gasteiger partial charge in [-0.3, -0.25) is 0 Å². The summed E-state index contributed by atoms with van der Waals surface area (Å²) in [5.74, 6) is 0.739. The summed E-state index contributed by atoms with van der Waals surface area (Å²) in [6, 6.07) is 8.06. The maximum atomic E-state index is 12.4. The van der Waals surface area contributed by atoms with E-state index < -0.39 is 5.60 Å². The molecule has 3 atom stereocenters. The number of carbonyl (C=O) groups excluding carboxylic acids is 1. The zero-order chi connectivity index (χ0) is 15.9. The third kappa shape index (κ3) is 3.06. The molecule has 1 aromatic rings. The predicted molar refractivity (Wildman–Crippen MR) is 85.0 cm³/mol. The molecule has 1 unspecified atom stereocenters. The van der Waals surface area contributed by atoms with Gasteiger partial charge in [-0.2, -0.15) is 0 Å². The Balaban J connectivity index is 1.73. The maximum absolute atomic E-state index is 12.4. The Labute approximate surface area is 132 Å². The zero-order valence-corrected chi connectivity index (χ0v) is 13.6. The number of carbonyl (C=O) groups is 1. The number of hydrogen-bond donors (Lipinski definition) is 1. The topological polar surface area (TPSA) is 49.8 Å². The Morgan fingerprint density at radius 2 is 1.86 bits per heavy atom. The number of fused-ring (bicyclic) bond motifs is 2. The number of phenolic OH excluding ortho intramolecular Hbond substituents is 1. The Morgan fingerprint density at radius 3 is 2.41 bits per heavy atom. The van der Waals surface area contributed by atoms with E-state index in [9.17, 15) is 9.90 Å². The van der Waals surface area contributed by atoms with Gasteiger partial charge in [-0.15, -0.1) is 0 Å². The highest BCUT2D eigenvalue weighted by Crippen LogP contribution is 2.44. The largest absolute Gasteiger partial charge is 0.508 e. The molecule has 4 heteroatoms.